The lowest BCUT2D eigenvalue weighted by atomic mass is 9.95. The number of carbonyl (C=O) groups is 1. The number of phenols is 1. The van der Waals surface area contributed by atoms with Crippen LogP contribution >= 0.6 is 11.6 Å². The summed E-state index contributed by atoms with van der Waals surface area (Å²) < 4.78 is 5.74. The van der Waals surface area contributed by atoms with Crippen molar-refractivity contribution in [1.82, 2.24) is 10.3 Å². The molecule has 0 saturated heterocycles. The molecule has 34 heavy (non-hydrogen) atoms. The van der Waals surface area contributed by atoms with Gasteiger partial charge in [-0.15, -0.1) is 0 Å². The number of carbonyl (C=O) groups excluding carboxylic acids is 1. The van der Waals surface area contributed by atoms with Crippen LogP contribution in [0.15, 0.2) is 93.5 Å². The zero-order valence-corrected chi connectivity index (χ0v) is 18.8. The number of nitrogens with zero attached hydrogens (tertiary/aromatic N) is 2. The molecule has 2 heterocycles. The Bertz CT molecular complexity index is 1430. The fourth-order valence-electron chi connectivity index (χ4n) is 3.75. The summed E-state index contributed by atoms with van der Waals surface area (Å²) in [6, 6.07) is 20.7. The van der Waals surface area contributed by atoms with Crippen LogP contribution in [0.25, 0.3) is 11.1 Å². The molecule has 5 rings (SSSR count). The molecule has 9 heteroatoms. The summed E-state index contributed by atoms with van der Waals surface area (Å²) in [5.41, 5.74) is 3.22. The van der Waals surface area contributed by atoms with Crippen LogP contribution in [0.5, 0.6) is 5.75 Å². The standard InChI is InChI=1S/C25H20ClN5O3/c1-14-21(23(33)28-17-10-4-6-12-19(17)32)22(15-8-2-3-9-16(15)26)30-24(27-14)31-25-29-18-11-5-7-13-20(18)34-25/h2-13,22,32H,1H3,(H,28,33)(H2,27,29,30,31). The third-order valence-electron chi connectivity index (χ3n) is 5.36. The first-order valence-electron chi connectivity index (χ1n) is 10.5. The number of aromatic nitrogens is 1. The van der Waals surface area contributed by atoms with Gasteiger partial charge in [-0.1, -0.05) is 54.1 Å². The minimum absolute atomic E-state index is 0.0333. The van der Waals surface area contributed by atoms with Crippen molar-refractivity contribution in [2.75, 3.05) is 10.6 Å². The highest BCUT2D eigenvalue weighted by molar-refractivity contribution is 6.31. The molecule has 0 aliphatic carbocycles. The number of allylic oxidation sites excluding steroid dienone is 1. The molecule has 1 amide bonds. The number of hydrogen-bond donors (Lipinski definition) is 4. The van der Waals surface area contributed by atoms with Crippen molar-refractivity contribution in [3.05, 3.63) is 94.7 Å². The summed E-state index contributed by atoms with van der Waals surface area (Å²) in [6.07, 6.45) is 0. The molecule has 0 spiro atoms. The zero-order chi connectivity index (χ0) is 23.7. The van der Waals surface area contributed by atoms with E-state index in [2.05, 4.69) is 20.9 Å². The lowest BCUT2D eigenvalue weighted by Gasteiger charge is -2.27. The number of fused-ring (bicyclic) bond motifs is 1. The summed E-state index contributed by atoms with van der Waals surface area (Å²) in [5, 5.41) is 19.5. The minimum atomic E-state index is -0.715. The van der Waals surface area contributed by atoms with E-state index >= 15 is 0 Å². The topological polar surface area (TPSA) is 112 Å². The van der Waals surface area contributed by atoms with Crippen LogP contribution in [0.2, 0.25) is 5.02 Å². The van der Waals surface area contributed by atoms with Crippen LogP contribution in [-0.4, -0.2) is 22.0 Å². The number of aromatic hydroxyl groups is 1. The first-order valence-corrected chi connectivity index (χ1v) is 10.9. The number of guanidine groups is 1. The van der Waals surface area contributed by atoms with E-state index in [0.717, 1.165) is 0 Å². The van der Waals surface area contributed by atoms with Gasteiger partial charge in [0, 0.05) is 16.3 Å². The second-order valence-electron chi connectivity index (χ2n) is 7.65. The lowest BCUT2D eigenvalue weighted by Crippen LogP contribution is -2.37. The highest BCUT2D eigenvalue weighted by atomic mass is 35.5. The quantitative estimate of drug-likeness (QED) is 0.303. The minimum Gasteiger partial charge on any atom is -0.506 e. The highest BCUT2D eigenvalue weighted by Crippen LogP contribution is 2.36. The Labute approximate surface area is 200 Å². The van der Waals surface area contributed by atoms with Crippen LogP contribution in [0.4, 0.5) is 11.7 Å². The Morgan fingerprint density at radius 1 is 1.06 bits per heavy atom. The number of hydrogen-bond acceptors (Lipinski definition) is 7. The van der Waals surface area contributed by atoms with Gasteiger partial charge in [0.05, 0.1) is 11.3 Å². The molecule has 0 saturated carbocycles. The van der Waals surface area contributed by atoms with Gasteiger partial charge in [-0.3, -0.25) is 10.1 Å². The van der Waals surface area contributed by atoms with E-state index < -0.39 is 11.9 Å². The van der Waals surface area contributed by atoms with Gasteiger partial charge < -0.3 is 20.2 Å². The number of nitrogens with one attached hydrogen (secondary N) is 3. The molecular formula is C25H20ClN5O3. The van der Waals surface area contributed by atoms with Crippen molar-refractivity contribution < 1.29 is 14.3 Å². The Morgan fingerprint density at radius 2 is 1.79 bits per heavy atom. The average Bonchev–Trinajstić information content (AvgIpc) is 3.22. The van der Waals surface area contributed by atoms with Gasteiger partial charge in [-0.05, 0) is 37.3 Å². The van der Waals surface area contributed by atoms with Gasteiger partial charge in [-0.25, -0.2) is 4.99 Å². The highest BCUT2D eigenvalue weighted by Gasteiger charge is 2.31. The van der Waals surface area contributed by atoms with E-state index in [4.69, 9.17) is 21.0 Å². The smallest absolute Gasteiger partial charge is 0.302 e. The third kappa shape index (κ3) is 4.18. The Balaban J connectivity index is 1.50. The van der Waals surface area contributed by atoms with Gasteiger partial charge >= 0.3 is 6.01 Å². The first-order chi connectivity index (χ1) is 16.5. The molecule has 3 aromatic carbocycles. The van der Waals surface area contributed by atoms with Crippen molar-refractivity contribution in [2.24, 2.45) is 4.99 Å². The van der Waals surface area contributed by atoms with Crippen LogP contribution in [0.3, 0.4) is 0 Å². The molecule has 1 aliphatic heterocycles. The Hall–Kier alpha value is -4.30. The number of oxazole rings is 1. The normalized spacial score (nSPS) is 15.6. The maximum atomic E-state index is 13.3. The number of amides is 1. The number of rotatable bonds is 4. The largest absolute Gasteiger partial charge is 0.506 e. The molecule has 0 fully saturated rings. The molecule has 1 atom stereocenters. The van der Waals surface area contributed by atoms with Crippen LogP contribution < -0.4 is 16.0 Å². The molecule has 1 unspecified atom stereocenters. The van der Waals surface area contributed by atoms with E-state index in [0.29, 0.717) is 44.6 Å². The second-order valence-corrected chi connectivity index (χ2v) is 8.06. The molecule has 4 aromatic rings. The molecule has 1 aromatic heterocycles. The number of phenolic OH excluding ortho intramolecular Hbond substituents is 1. The SMILES string of the molecule is CC1=C(C(=O)Nc2ccccc2O)C(c2ccccc2Cl)N=C(Nc2nc3ccccc3o2)N1. The summed E-state index contributed by atoms with van der Waals surface area (Å²) in [7, 11) is 0. The molecule has 4 N–H and O–H groups in total. The number of anilines is 2. The molecule has 8 nitrogen and oxygen atoms in total. The molecule has 170 valence electrons. The van der Waals surface area contributed by atoms with Crippen LogP contribution in [-0.2, 0) is 4.79 Å². The maximum absolute atomic E-state index is 13.3. The molecular weight excluding hydrogens is 454 g/mol. The van der Waals surface area contributed by atoms with E-state index in [9.17, 15) is 9.90 Å². The number of benzene rings is 3. The number of para-hydroxylation sites is 4. The van der Waals surface area contributed by atoms with Crippen LogP contribution in [0, 0.1) is 0 Å². The number of halogens is 1. The van der Waals surface area contributed by atoms with Crippen molar-refractivity contribution in [3.8, 4) is 5.75 Å². The predicted octanol–water partition coefficient (Wildman–Crippen LogP) is 5.21. The molecule has 0 radical (unpaired) electrons. The summed E-state index contributed by atoms with van der Waals surface area (Å²) >= 11 is 6.49. The summed E-state index contributed by atoms with van der Waals surface area (Å²) in [4.78, 5) is 22.5. The van der Waals surface area contributed by atoms with E-state index in [1.807, 2.05) is 42.5 Å². The second kappa shape index (κ2) is 8.92. The Kier molecular flexibility index (Phi) is 5.65. The van der Waals surface area contributed by atoms with Crippen molar-refractivity contribution in [1.29, 1.82) is 0 Å². The summed E-state index contributed by atoms with van der Waals surface area (Å²) in [6.45, 7) is 1.77. The Morgan fingerprint density at radius 3 is 2.59 bits per heavy atom. The van der Waals surface area contributed by atoms with E-state index in [1.165, 1.54) is 6.07 Å². The fourth-order valence-corrected chi connectivity index (χ4v) is 3.99. The average molecular weight is 474 g/mol. The lowest BCUT2D eigenvalue weighted by molar-refractivity contribution is -0.113. The van der Waals surface area contributed by atoms with E-state index in [-0.39, 0.29) is 11.8 Å². The van der Waals surface area contributed by atoms with Crippen LogP contribution in [0.1, 0.15) is 18.5 Å². The predicted molar refractivity (Wildman–Crippen MR) is 132 cm³/mol. The van der Waals surface area contributed by atoms with Gasteiger partial charge in [-0.2, -0.15) is 4.98 Å². The van der Waals surface area contributed by atoms with Crippen molar-refractivity contribution in [3.63, 3.8) is 0 Å². The monoisotopic (exact) mass is 473 g/mol. The van der Waals surface area contributed by atoms with Gasteiger partial charge in [0.25, 0.3) is 5.91 Å². The van der Waals surface area contributed by atoms with Gasteiger partial charge in [0.2, 0.25) is 5.96 Å². The van der Waals surface area contributed by atoms with Gasteiger partial charge in [0.15, 0.2) is 5.58 Å². The van der Waals surface area contributed by atoms with Gasteiger partial charge in [0.1, 0.15) is 17.3 Å². The zero-order valence-electron chi connectivity index (χ0n) is 18.0. The molecule has 1 aliphatic rings. The fraction of sp³-hybridized carbons (Fsp3) is 0.0800. The van der Waals surface area contributed by atoms with Crippen molar-refractivity contribution in [2.45, 2.75) is 13.0 Å². The number of aliphatic imine (C=N–C) groups is 1. The van der Waals surface area contributed by atoms with Crippen molar-refractivity contribution >= 4 is 46.3 Å². The third-order valence-corrected chi connectivity index (χ3v) is 5.70. The summed E-state index contributed by atoms with van der Waals surface area (Å²) in [5.74, 6) is -0.0943. The molecule has 0 bridgehead atoms. The maximum Gasteiger partial charge on any atom is 0.302 e. The van der Waals surface area contributed by atoms with E-state index in [1.54, 1.807) is 31.2 Å². The first kappa shape index (κ1) is 21.5.